The van der Waals surface area contributed by atoms with Gasteiger partial charge in [0.25, 0.3) is 0 Å². The average molecular weight is 275 g/mol. The minimum atomic E-state index is -0.826. The van der Waals surface area contributed by atoms with Crippen molar-refractivity contribution in [2.24, 2.45) is 16.3 Å². The third-order valence-corrected chi connectivity index (χ3v) is 4.16. The van der Waals surface area contributed by atoms with Crippen molar-refractivity contribution in [1.29, 1.82) is 0 Å². The Kier molecular flexibility index (Phi) is 3.97. The second-order valence-corrected chi connectivity index (χ2v) is 5.53. The molecule has 0 aromatic heterocycles. The molecular formula is C15H21N3O2. The number of carbonyl (C=O) groups excluding carboxylic acids is 1. The highest BCUT2D eigenvalue weighted by Gasteiger charge is 2.48. The van der Waals surface area contributed by atoms with Crippen molar-refractivity contribution in [3.05, 3.63) is 35.4 Å². The highest BCUT2D eigenvalue weighted by atomic mass is 16.4. The molecule has 1 aromatic rings. The summed E-state index contributed by atoms with van der Waals surface area (Å²) in [6, 6.07) is 7.92. The van der Waals surface area contributed by atoms with Crippen LogP contribution in [0, 0.1) is 12.3 Å². The van der Waals surface area contributed by atoms with Gasteiger partial charge in [0.2, 0.25) is 5.91 Å². The lowest BCUT2D eigenvalue weighted by molar-refractivity contribution is -0.131. The monoisotopic (exact) mass is 275 g/mol. The van der Waals surface area contributed by atoms with Gasteiger partial charge < -0.3 is 16.3 Å². The molecule has 0 heterocycles. The van der Waals surface area contributed by atoms with Gasteiger partial charge >= 0.3 is 0 Å². The van der Waals surface area contributed by atoms with Crippen LogP contribution >= 0.6 is 0 Å². The van der Waals surface area contributed by atoms with Crippen molar-refractivity contribution < 1.29 is 10.0 Å². The van der Waals surface area contributed by atoms with E-state index in [2.05, 4.69) is 10.5 Å². The van der Waals surface area contributed by atoms with E-state index in [1.807, 2.05) is 38.1 Å². The van der Waals surface area contributed by atoms with Crippen molar-refractivity contribution >= 4 is 11.7 Å². The molecule has 1 aliphatic carbocycles. The predicted octanol–water partition coefficient (Wildman–Crippen LogP) is 2.09. The molecule has 5 nitrogen and oxygen atoms in total. The molecule has 0 spiro atoms. The zero-order chi connectivity index (χ0) is 14.8. The van der Waals surface area contributed by atoms with Gasteiger partial charge in [0.1, 0.15) is 5.41 Å². The van der Waals surface area contributed by atoms with Crippen molar-refractivity contribution in [1.82, 2.24) is 5.32 Å². The third-order valence-electron chi connectivity index (χ3n) is 4.16. The molecule has 0 saturated heterocycles. The second kappa shape index (κ2) is 5.53. The van der Waals surface area contributed by atoms with Crippen LogP contribution in [0.1, 0.15) is 43.4 Å². The summed E-state index contributed by atoms with van der Waals surface area (Å²) in [7, 11) is 0. The normalized spacial score (nSPS) is 19.0. The number of benzene rings is 1. The number of oxime groups is 1. The van der Waals surface area contributed by atoms with E-state index in [9.17, 15) is 4.79 Å². The summed E-state index contributed by atoms with van der Waals surface area (Å²) in [5.41, 5.74) is 7.08. The van der Waals surface area contributed by atoms with E-state index in [-0.39, 0.29) is 17.8 Å². The summed E-state index contributed by atoms with van der Waals surface area (Å²) in [4.78, 5) is 12.4. The maximum atomic E-state index is 12.4. The van der Waals surface area contributed by atoms with Crippen molar-refractivity contribution in [3.63, 3.8) is 0 Å². The maximum Gasteiger partial charge on any atom is 0.234 e. The van der Waals surface area contributed by atoms with Crippen LogP contribution in [0.15, 0.2) is 29.4 Å². The molecule has 1 aliphatic rings. The Hall–Kier alpha value is -2.04. The fourth-order valence-corrected chi connectivity index (χ4v) is 2.50. The first-order valence-corrected chi connectivity index (χ1v) is 6.85. The highest BCUT2D eigenvalue weighted by molar-refractivity contribution is 6.07. The van der Waals surface area contributed by atoms with Crippen LogP contribution in [0.2, 0.25) is 0 Å². The zero-order valence-corrected chi connectivity index (χ0v) is 11.9. The Morgan fingerprint density at radius 2 is 2.00 bits per heavy atom. The minimum Gasteiger partial charge on any atom is -0.409 e. The number of nitrogens with two attached hydrogens (primary N) is 1. The lowest BCUT2D eigenvalue weighted by Gasteiger charge is -2.39. The van der Waals surface area contributed by atoms with Gasteiger partial charge in [-0.05, 0) is 32.3 Å². The molecule has 4 N–H and O–H groups in total. The van der Waals surface area contributed by atoms with Crippen LogP contribution in [0.5, 0.6) is 0 Å². The van der Waals surface area contributed by atoms with Crippen molar-refractivity contribution in [2.45, 2.75) is 39.2 Å². The van der Waals surface area contributed by atoms with E-state index in [0.717, 1.165) is 12.0 Å². The quantitative estimate of drug-likeness (QED) is 0.340. The van der Waals surface area contributed by atoms with Gasteiger partial charge in [-0.15, -0.1) is 0 Å². The van der Waals surface area contributed by atoms with E-state index in [4.69, 9.17) is 10.9 Å². The Morgan fingerprint density at radius 1 is 1.40 bits per heavy atom. The van der Waals surface area contributed by atoms with E-state index in [0.29, 0.717) is 12.8 Å². The number of nitrogens with zero attached hydrogens (tertiary/aromatic N) is 1. The summed E-state index contributed by atoms with van der Waals surface area (Å²) >= 11 is 0. The number of hydrogen-bond acceptors (Lipinski definition) is 3. The fraction of sp³-hybridized carbons (Fsp3) is 0.467. The molecule has 2 rings (SSSR count). The van der Waals surface area contributed by atoms with Crippen molar-refractivity contribution in [2.75, 3.05) is 0 Å². The number of amidine groups is 1. The van der Waals surface area contributed by atoms with Crippen molar-refractivity contribution in [3.8, 4) is 0 Å². The molecule has 1 unspecified atom stereocenters. The van der Waals surface area contributed by atoms with Crippen LogP contribution in [-0.4, -0.2) is 17.0 Å². The minimum absolute atomic E-state index is 0.0114. The molecule has 0 bridgehead atoms. The van der Waals surface area contributed by atoms with Gasteiger partial charge in [-0.1, -0.05) is 41.4 Å². The standard InChI is InChI=1S/C15H21N3O2/c1-10-4-6-12(7-5-10)11(2)17-14(19)15(8-3-9-15)13(16)18-20/h4-7,11,20H,3,8-9H2,1-2H3,(H2,16,18)(H,17,19). The van der Waals surface area contributed by atoms with Gasteiger partial charge in [-0.2, -0.15) is 0 Å². The van der Waals surface area contributed by atoms with E-state index >= 15 is 0 Å². The van der Waals surface area contributed by atoms with Crippen LogP contribution in [0.25, 0.3) is 0 Å². The summed E-state index contributed by atoms with van der Waals surface area (Å²) in [5, 5.41) is 14.8. The molecule has 1 amide bonds. The number of hydrogen-bond donors (Lipinski definition) is 3. The molecular weight excluding hydrogens is 254 g/mol. The third kappa shape index (κ3) is 2.48. The molecule has 1 atom stereocenters. The Bertz CT molecular complexity index is 518. The molecule has 0 radical (unpaired) electrons. The number of nitrogens with one attached hydrogen (secondary N) is 1. The Balaban J connectivity index is 2.09. The summed E-state index contributed by atoms with van der Waals surface area (Å²) < 4.78 is 0. The number of aryl methyl sites for hydroxylation is 1. The van der Waals surface area contributed by atoms with Gasteiger partial charge in [0, 0.05) is 0 Å². The number of amides is 1. The van der Waals surface area contributed by atoms with Gasteiger partial charge in [0.05, 0.1) is 6.04 Å². The molecule has 108 valence electrons. The Morgan fingerprint density at radius 3 is 2.45 bits per heavy atom. The van der Waals surface area contributed by atoms with E-state index in [1.54, 1.807) is 0 Å². The first-order valence-electron chi connectivity index (χ1n) is 6.85. The predicted molar refractivity (Wildman–Crippen MR) is 77.4 cm³/mol. The van der Waals surface area contributed by atoms with Gasteiger partial charge in [-0.3, -0.25) is 4.79 Å². The van der Waals surface area contributed by atoms with Gasteiger partial charge in [0.15, 0.2) is 5.84 Å². The van der Waals surface area contributed by atoms with Crippen LogP contribution in [-0.2, 0) is 4.79 Å². The average Bonchev–Trinajstić information content (AvgIpc) is 2.37. The number of carbonyl (C=O) groups is 1. The molecule has 20 heavy (non-hydrogen) atoms. The van der Waals surface area contributed by atoms with Crippen LogP contribution in [0.4, 0.5) is 0 Å². The lowest BCUT2D eigenvalue weighted by atomic mass is 9.67. The molecule has 1 fully saturated rings. The summed E-state index contributed by atoms with van der Waals surface area (Å²) in [6.45, 7) is 3.95. The first kappa shape index (κ1) is 14.4. The first-order chi connectivity index (χ1) is 9.49. The smallest absolute Gasteiger partial charge is 0.234 e. The van der Waals surface area contributed by atoms with Crippen LogP contribution < -0.4 is 11.1 Å². The largest absolute Gasteiger partial charge is 0.409 e. The molecule has 1 saturated carbocycles. The molecule has 1 aromatic carbocycles. The summed E-state index contributed by atoms with van der Waals surface area (Å²) in [6.07, 6.45) is 2.19. The maximum absolute atomic E-state index is 12.4. The molecule has 0 aliphatic heterocycles. The zero-order valence-electron chi connectivity index (χ0n) is 11.9. The fourth-order valence-electron chi connectivity index (χ4n) is 2.50. The van der Waals surface area contributed by atoms with Crippen LogP contribution in [0.3, 0.4) is 0 Å². The van der Waals surface area contributed by atoms with Gasteiger partial charge in [-0.25, -0.2) is 0 Å². The SMILES string of the molecule is Cc1ccc(C(C)NC(=O)C2(/C(N)=N/O)CCC2)cc1. The topological polar surface area (TPSA) is 87.7 Å². The lowest BCUT2D eigenvalue weighted by Crippen LogP contribution is -2.54. The molecule has 5 heteroatoms. The second-order valence-electron chi connectivity index (χ2n) is 5.53. The highest BCUT2D eigenvalue weighted by Crippen LogP contribution is 2.41. The summed E-state index contributed by atoms with van der Waals surface area (Å²) in [5.74, 6) is -0.149. The van der Waals surface area contributed by atoms with E-state index < -0.39 is 5.41 Å². The van der Waals surface area contributed by atoms with E-state index in [1.165, 1.54) is 5.56 Å². The number of rotatable bonds is 4. The Labute approximate surface area is 118 Å².